The molecular formula is C10H15NO. The van der Waals surface area contributed by atoms with E-state index in [1.54, 1.807) is 7.11 Å². The molecular weight excluding hydrogens is 150 g/mol. The van der Waals surface area contributed by atoms with Gasteiger partial charge in [-0.25, -0.2) is 4.98 Å². The predicted octanol–water partition coefficient (Wildman–Crippen LogP) is 2.29. The highest BCUT2D eigenvalue weighted by Crippen LogP contribution is 2.10. The molecule has 0 amide bonds. The van der Waals surface area contributed by atoms with Crippen molar-refractivity contribution >= 4 is 0 Å². The first kappa shape index (κ1) is 9.04. The Balaban J connectivity index is 2.65. The number of hydrogen-bond donors (Lipinski definition) is 0. The number of hydrogen-bond acceptors (Lipinski definition) is 2. The third-order valence-electron chi connectivity index (χ3n) is 1.65. The minimum absolute atomic E-state index is 0.681. The summed E-state index contributed by atoms with van der Waals surface area (Å²) < 4.78 is 4.96. The predicted molar refractivity (Wildman–Crippen MR) is 49.3 cm³/mol. The summed E-state index contributed by atoms with van der Waals surface area (Å²) in [5.41, 5.74) is 1.27. The largest absolute Gasteiger partial charge is 0.481 e. The molecule has 0 aliphatic heterocycles. The summed E-state index contributed by atoms with van der Waals surface area (Å²) in [7, 11) is 1.63. The molecule has 66 valence electrons. The Morgan fingerprint density at radius 3 is 2.58 bits per heavy atom. The Bertz CT molecular complexity index is 228. The molecule has 12 heavy (non-hydrogen) atoms. The van der Waals surface area contributed by atoms with Crippen LogP contribution in [0.15, 0.2) is 18.3 Å². The van der Waals surface area contributed by atoms with Crippen molar-refractivity contribution in [1.29, 1.82) is 0 Å². The van der Waals surface area contributed by atoms with Gasteiger partial charge in [0.05, 0.1) is 7.11 Å². The van der Waals surface area contributed by atoms with Crippen LogP contribution in [0.1, 0.15) is 19.4 Å². The van der Waals surface area contributed by atoms with Crippen molar-refractivity contribution in [3.05, 3.63) is 23.9 Å². The van der Waals surface area contributed by atoms with Crippen LogP contribution < -0.4 is 4.74 Å². The van der Waals surface area contributed by atoms with Gasteiger partial charge in [-0.2, -0.15) is 0 Å². The van der Waals surface area contributed by atoms with Gasteiger partial charge >= 0.3 is 0 Å². The van der Waals surface area contributed by atoms with Crippen molar-refractivity contribution in [3.63, 3.8) is 0 Å². The number of ether oxygens (including phenoxy) is 1. The highest BCUT2D eigenvalue weighted by Gasteiger charge is 1.98. The van der Waals surface area contributed by atoms with Crippen molar-refractivity contribution < 1.29 is 4.74 Å². The van der Waals surface area contributed by atoms with E-state index in [4.69, 9.17) is 4.74 Å². The molecule has 1 aromatic rings. The van der Waals surface area contributed by atoms with Gasteiger partial charge in [-0.1, -0.05) is 19.9 Å². The van der Waals surface area contributed by atoms with Gasteiger partial charge in [0, 0.05) is 12.3 Å². The molecule has 2 heteroatoms. The first-order chi connectivity index (χ1) is 5.72. The molecule has 0 aromatic carbocycles. The quantitative estimate of drug-likeness (QED) is 0.685. The fraction of sp³-hybridized carbons (Fsp3) is 0.500. The van der Waals surface area contributed by atoms with Crippen LogP contribution in [0.25, 0.3) is 0 Å². The molecule has 0 saturated heterocycles. The average molecular weight is 165 g/mol. The van der Waals surface area contributed by atoms with Crippen LogP contribution in [-0.2, 0) is 6.42 Å². The zero-order valence-corrected chi connectivity index (χ0v) is 7.87. The van der Waals surface area contributed by atoms with Crippen molar-refractivity contribution in [2.75, 3.05) is 7.11 Å². The van der Waals surface area contributed by atoms with Gasteiger partial charge < -0.3 is 4.74 Å². The third-order valence-corrected chi connectivity index (χ3v) is 1.65. The minimum atomic E-state index is 0.681. The smallest absolute Gasteiger partial charge is 0.212 e. The Kier molecular flexibility index (Phi) is 3.09. The molecule has 1 aromatic heterocycles. The summed E-state index contributed by atoms with van der Waals surface area (Å²) in [5, 5.41) is 0. The maximum absolute atomic E-state index is 4.96. The summed E-state index contributed by atoms with van der Waals surface area (Å²) >= 11 is 0. The summed E-state index contributed by atoms with van der Waals surface area (Å²) in [5.74, 6) is 1.36. The highest BCUT2D eigenvalue weighted by atomic mass is 16.5. The van der Waals surface area contributed by atoms with Gasteiger partial charge in [-0.05, 0) is 17.9 Å². The second-order valence-corrected chi connectivity index (χ2v) is 3.31. The van der Waals surface area contributed by atoms with E-state index < -0.39 is 0 Å². The second kappa shape index (κ2) is 4.10. The van der Waals surface area contributed by atoms with E-state index in [9.17, 15) is 0 Å². The van der Waals surface area contributed by atoms with E-state index in [-0.39, 0.29) is 0 Å². The molecule has 0 aliphatic carbocycles. The molecule has 1 rings (SSSR count). The van der Waals surface area contributed by atoms with E-state index in [1.165, 1.54) is 5.56 Å². The molecule has 0 fully saturated rings. The van der Waals surface area contributed by atoms with E-state index in [2.05, 4.69) is 24.9 Å². The van der Waals surface area contributed by atoms with Gasteiger partial charge in [0.25, 0.3) is 0 Å². The summed E-state index contributed by atoms with van der Waals surface area (Å²) in [6, 6.07) is 3.96. The first-order valence-electron chi connectivity index (χ1n) is 4.21. The number of rotatable bonds is 3. The highest BCUT2D eigenvalue weighted by molar-refractivity contribution is 5.17. The second-order valence-electron chi connectivity index (χ2n) is 3.31. The van der Waals surface area contributed by atoms with E-state index in [0.29, 0.717) is 11.8 Å². The van der Waals surface area contributed by atoms with Crippen molar-refractivity contribution in [3.8, 4) is 5.88 Å². The maximum Gasteiger partial charge on any atom is 0.212 e. The van der Waals surface area contributed by atoms with Crippen LogP contribution in [0.2, 0.25) is 0 Å². The van der Waals surface area contributed by atoms with Crippen LogP contribution in [0.5, 0.6) is 5.88 Å². The molecule has 0 spiro atoms. The Labute approximate surface area is 73.6 Å². The van der Waals surface area contributed by atoms with Gasteiger partial charge in [0.15, 0.2) is 0 Å². The molecule has 0 radical (unpaired) electrons. The van der Waals surface area contributed by atoms with Crippen LogP contribution in [0.3, 0.4) is 0 Å². The molecule has 0 atom stereocenters. The monoisotopic (exact) mass is 165 g/mol. The molecule has 0 aliphatic rings. The summed E-state index contributed by atoms with van der Waals surface area (Å²) in [6.07, 6.45) is 2.95. The lowest BCUT2D eigenvalue weighted by Crippen LogP contribution is -1.95. The van der Waals surface area contributed by atoms with Crippen LogP contribution in [0, 0.1) is 5.92 Å². The van der Waals surface area contributed by atoms with E-state index in [0.717, 1.165) is 6.42 Å². The molecule has 0 N–H and O–H groups in total. The number of nitrogens with zero attached hydrogens (tertiary/aromatic N) is 1. The molecule has 1 heterocycles. The topological polar surface area (TPSA) is 22.1 Å². The maximum atomic E-state index is 4.96. The van der Waals surface area contributed by atoms with Crippen LogP contribution in [0.4, 0.5) is 0 Å². The average Bonchev–Trinajstić information content (AvgIpc) is 2.05. The van der Waals surface area contributed by atoms with Gasteiger partial charge in [-0.3, -0.25) is 0 Å². The fourth-order valence-corrected chi connectivity index (χ4v) is 1.12. The Morgan fingerprint density at radius 1 is 1.42 bits per heavy atom. The Morgan fingerprint density at radius 2 is 2.17 bits per heavy atom. The Hall–Kier alpha value is -1.05. The number of pyridine rings is 1. The number of methoxy groups -OCH3 is 1. The number of aromatic nitrogens is 1. The molecule has 0 saturated carbocycles. The standard InChI is InChI=1S/C10H15NO/c1-8(2)6-9-4-5-10(12-3)11-7-9/h4-5,7-8H,6H2,1-3H3. The zero-order valence-electron chi connectivity index (χ0n) is 7.87. The van der Waals surface area contributed by atoms with Crippen molar-refractivity contribution in [2.45, 2.75) is 20.3 Å². The third kappa shape index (κ3) is 2.53. The SMILES string of the molecule is COc1ccc(CC(C)C)cn1. The lowest BCUT2D eigenvalue weighted by molar-refractivity contribution is 0.397. The lowest BCUT2D eigenvalue weighted by Gasteiger charge is -2.04. The van der Waals surface area contributed by atoms with Crippen LogP contribution in [-0.4, -0.2) is 12.1 Å². The van der Waals surface area contributed by atoms with Crippen molar-refractivity contribution in [2.24, 2.45) is 5.92 Å². The van der Waals surface area contributed by atoms with Gasteiger partial charge in [-0.15, -0.1) is 0 Å². The fourth-order valence-electron chi connectivity index (χ4n) is 1.12. The molecule has 2 nitrogen and oxygen atoms in total. The van der Waals surface area contributed by atoms with Gasteiger partial charge in [0.1, 0.15) is 0 Å². The van der Waals surface area contributed by atoms with E-state index in [1.807, 2.05) is 12.3 Å². The first-order valence-corrected chi connectivity index (χ1v) is 4.21. The molecule has 0 bridgehead atoms. The lowest BCUT2D eigenvalue weighted by atomic mass is 10.1. The summed E-state index contributed by atoms with van der Waals surface area (Å²) in [4.78, 5) is 4.13. The van der Waals surface area contributed by atoms with Crippen LogP contribution >= 0.6 is 0 Å². The van der Waals surface area contributed by atoms with Gasteiger partial charge in [0.2, 0.25) is 5.88 Å². The summed E-state index contributed by atoms with van der Waals surface area (Å²) in [6.45, 7) is 4.40. The normalized spacial score (nSPS) is 10.3. The zero-order chi connectivity index (χ0) is 8.97. The minimum Gasteiger partial charge on any atom is -0.481 e. The van der Waals surface area contributed by atoms with E-state index >= 15 is 0 Å². The molecule has 0 unspecified atom stereocenters. The van der Waals surface area contributed by atoms with Crippen molar-refractivity contribution in [1.82, 2.24) is 4.98 Å².